The molecule has 0 saturated carbocycles. The molecule has 7 heteroatoms. The fraction of sp³-hybridized carbons (Fsp3) is 0.714. The average Bonchev–Trinajstić information content (AvgIpc) is 2.60. The zero-order valence-corrected chi connectivity index (χ0v) is 17.1. The van der Waals surface area contributed by atoms with Gasteiger partial charge in [0, 0.05) is 0 Å². The predicted octanol–water partition coefficient (Wildman–Crippen LogP) is 3.89. The van der Waals surface area contributed by atoms with E-state index in [4.69, 9.17) is 9.47 Å². The molecule has 4 nitrogen and oxygen atoms in total. The molecule has 0 unspecified atom stereocenters. The van der Waals surface area contributed by atoms with Crippen LogP contribution in [0.25, 0.3) is 0 Å². The van der Waals surface area contributed by atoms with Crippen LogP contribution in [0.5, 0.6) is 0 Å². The molecule has 0 atom stereocenters. The molecule has 1 heterocycles. The van der Waals surface area contributed by atoms with E-state index in [1.54, 1.807) is 17.9 Å². The van der Waals surface area contributed by atoms with E-state index in [0.29, 0.717) is 10.2 Å². The van der Waals surface area contributed by atoms with E-state index >= 15 is 0 Å². The van der Waals surface area contributed by atoms with Crippen LogP contribution in [0.15, 0.2) is 10.2 Å². The molecule has 0 bridgehead atoms. The summed E-state index contributed by atoms with van der Waals surface area (Å²) in [5.74, 6) is 3.85. The SMILES string of the molecule is CCC[CH2][Sn]1([CH2]CCC)[S]C(=C=O)OCCOC(=C=O)[S]1. The van der Waals surface area contributed by atoms with Crippen LogP contribution in [-0.2, 0) is 19.1 Å². The zero-order valence-electron chi connectivity index (χ0n) is 12.6. The van der Waals surface area contributed by atoms with Gasteiger partial charge in [-0.25, -0.2) is 0 Å². The molecule has 1 rings (SSSR count). The molecule has 0 aromatic carbocycles. The molecule has 0 aromatic heterocycles. The molecule has 0 amide bonds. The van der Waals surface area contributed by atoms with Crippen LogP contribution in [0.4, 0.5) is 0 Å². The number of rotatable bonds is 6. The molecule has 0 N–H and O–H groups in total. The summed E-state index contributed by atoms with van der Waals surface area (Å²) in [6, 6.07) is 0. The van der Waals surface area contributed by atoms with Crippen molar-refractivity contribution in [1.82, 2.24) is 0 Å². The van der Waals surface area contributed by atoms with Crippen LogP contribution in [0.2, 0.25) is 8.87 Å². The monoisotopic (exact) mass is 438 g/mol. The van der Waals surface area contributed by atoms with Crippen molar-refractivity contribution < 1.29 is 19.1 Å². The maximum atomic E-state index is 11.1. The van der Waals surface area contributed by atoms with Crippen LogP contribution in [0.1, 0.15) is 39.5 Å². The molecule has 1 saturated heterocycles. The number of ether oxygens (including phenoxy) is 2. The second-order valence-corrected chi connectivity index (χ2v) is 29.7. The summed E-state index contributed by atoms with van der Waals surface area (Å²) in [7, 11) is 3.18. The first kappa shape index (κ1) is 19.0. The van der Waals surface area contributed by atoms with Gasteiger partial charge >= 0.3 is 136 Å². The third-order valence-corrected chi connectivity index (χ3v) is 29.4. The molecule has 0 aliphatic carbocycles. The van der Waals surface area contributed by atoms with E-state index in [9.17, 15) is 9.59 Å². The Balaban J connectivity index is 3.05. The summed E-state index contributed by atoms with van der Waals surface area (Å²) in [6.45, 7) is 4.85. The summed E-state index contributed by atoms with van der Waals surface area (Å²) >= 11 is -2.89. The van der Waals surface area contributed by atoms with Crippen molar-refractivity contribution in [3.63, 3.8) is 0 Å². The Morgan fingerprint density at radius 3 is 1.71 bits per heavy atom. The number of carbonyl (C=O) groups excluding carboxylic acids is 2. The minimum absolute atomic E-state index is 0.271. The molecule has 21 heavy (non-hydrogen) atoms. The van der Waals surface area contributed by atoms with Crippen molar-refractivity contribution in [3.05, 3.63) is 10.2 Å². The summed E-state index contributed by atoms with van der Waals surface area (Å²) in [4.78, 5) is 22.2. The first-order valence-electron chi connectivity index (χ1n) is 7.33. The molecular weight excluding hydrogens is 415 g/mol. The van der Waals surface area contributed by atoms with Crippen molar-refractivity contribution in [1.29, 1.82) is 0 Å². The molecule has 0 spiro atoms. The third-order valence-electron chi connectivity index (χ3n) is 3.10. The Bertz CT molecular complexity index is 389. The number of hydrogen-bond donors (Lipinski definition) is 0. The minimum atomic E-state index is -2.89. The van der Waals surface area contributed by atoms with Crippen LogP contribution in [-0.4, -0.2) is 40.7 Å². The van der Waals surface area contributed by atoms with Crippen LogP contribution < -0.4 is 0 Å². The predicted molar refractivity (Wildman–Crippen MR) is 90.7 cm³/mol. The van der Waals surface area contributed by atoms with E-state index in [0.717, 1.165) is 34.6 Å². The second-order valence-electron chi connectivity index (χ2n) is 4.80. The van der Waals surface area contributed by atoms with Gasteiger partial charge in [0.05, 0.1) is 0 Å². The Kier molecular flexibility index (Phi) is 9.69. The first-order chi connectivity index (χ1) is 10.2. The number of hydrogen-bond acceptors (Lipinski definition) is 6. The average molecular weight is 437 g/mol. The Morgan fingerprint density at radius 2 is 1.38 bits per heavy atom. The Labute approximate surface area is 135 Å². The standard InChI is InChI=1S/C6H6O4S2.2C4H9.Sn/c7-3-5(11)9-1-2-10-6(12)4-8;2*1-3-4-2;/h11-12H,1-2H2;2*1,3-4H2,2H3;/q;;;+2/p-2. The van der Waals surface area contributed by atoms with Crippen LogP contribution in [0.3, 0.4) is 0 Å². The molecule has 1 aliphatic rings. The van der Waals surface area contributed by atoms with E-state index < -0.39 is 15.6 Å². The summed E-state index contributed by atoms with van der Waals surface area (Å²) in [6.07, 6.45) is 4.43. The van der Waals surface area contributed by atoms with Crippen molar-refractivity contribution in [2.75, 3.05) is 13.2 Å². The molecular formula is C14H22O4S2Sn. The van der Waals surface area contributed by atoms with E-state index in [-0.39, 0.29) is 13.2 Å². The molecule has 118 valence electrons. The molecule has 0 aromatic rings. The van der Waals surface area contributed by atoms with Crippen molar-refractivity contribution in [3.8, 4) is 0 Å². The van der Waals surface area contributed by atoms with Gasteiger partial charge in [0.15, 0.2) is 0 Å². The molecule has 0 radical (unpaired) electrons. The summed E-state index contributed by atoms with van der Waals surface area (Å²) in [5.41, 5.74) is 0. The van der Waals surface area contributed by atoms with Gasteiger partial charge in [-0.2, -0.15) is 0 Å². The van der Waals surface area contributed by atoms with E-state index in [1.165, 1.54) is 0 Å². The van der Waals surface area contributed by atoms with Gasteiger partial charge in [0.25, 0.3) is 0 Å². The topological polar surface area (TPSA) is 52.6 Å². The van der Waals surface area contributed by atoms with E-state index in [1.807, 2.05) is 11.9 Å². The zero-order chi connectivity index (χ0) is 15.6. The van der Waals surface area contributed by atoms with Crippen molar-refractivity contribution in [2.45, 2.75) is 48.4 Å². The fourth-order valence-electron chi connectivity index (χ4n) is 2.01. The van der Waals surface area contributed by atoms with Crippen molar-refractivity contribution >= 4 is 45.4 Å². The number of unbranched alkanes of at least 4 members (excludes halogenated alkanes) is 2. The molecule has 1 fully saturated rings. The summed E-state index contributed by atoms with van der Waals surface area (Å²) in [5, 5.41) is 0.697. The third kappa shape index (κ3) is 6.74. The summed E-state index contributed by atoms with van der Waals surface area (Å²) < 4.78 is 13.1. The van der Waals surface area contributed by atoms with Gasteiger partial charge in [-0.05, 0) is 0 Å². The van der Waals surface area contributed by atoms with Gasteiger partial charge in [0.1, 0.15) is 0 Å². The van der Waals surface area contributed by atoms with Crippen LogP contribution in [0, 0.1) is 0 Å². The second kappa shape index (κ2) is 10.7. The Morgan fingerprint density at radius 1 is 0.952 bits per heavy atom. The van der Waals surface area contributed by atoms with Crippen molar-refractivity contribution in [2.24, 2.45) is 0 Å². The van der Waals surface area contributed by atoms with Crippen LogP contribution >= 0.6 is 17.9 Å². The van der Waals surface area contributed by atoms with Gasteiger partial charge in [0.2, 0.25) is 0 Å². The van der Waals surface area contributed by atoms with Gasteiger partial charge in [-0.1, -0.05) is 0 Å². The maximum absolute atomic E-state index is 11.1. The van der Waals surface area contributed by atoms with E-state index in [2.05, 4.69) is 13.8 Å². The quantitative estimate of drug-likeness (QED) is 0.465. The molecule has 1 aliphatic heterocycles. The first-order valence-corrected chi connectivity index (χ1v) is 20.0. The Hall–Kier alpha value is -0.00130. The van der Waals surface area contributed by atoms with Gasteiger partial charge in [-0.3, -0.25) is 0 Å². The normalized spacial score (nSPS) is 18.4. The fourth-order valence-corrected chi connectivity index (χ4v) is 28.4. The van der Waals surface area contributed by atoms with Gasteiger partial charge < -0.3 is 0 Å². The van der Waals surface area contributed by atoms with Gasteiger partial charge in [-0.15, -0.1) is 0 Å².